The molecule has 0 bridgehead atoms. The first-order valence-electron chi connectivity index (χ1n) is 19.1. The van der Waals surface area contributed by atoms with Gasteiger partial charge in [0, 0.05) is 39.2 Å². The van der Waals surface area contributed by atoms with E-state index in [1.807, 2.05) is 6.07 Å². The van der Waals surface area contributed by atoms with Gasteiger partial charge < -0.3 is 9.32 Å². The molecule has 55 heavy (non-hydrogen) atoms. The van der Waals surface area contributed by atoms with E-state index in [1.165, 1.54) is 60.5 Å². The van der Waals surface area contributed by atoms with Crippen molar-refractivity contribution in [2.75, 3.05) is 4.90 Å². The van der Waals surface area contributed by atoms with Gasteiger partial charge in [0.1, 0.15) is 11.2 Å². The number of furan rings is 1. The van der Waals surface area contributed by atoms with Gasteiger partial charge in [0.2, 0.25) is 0 Å². The Bertz CT molecular complexity index is 3130. The minimum atomic E-state index is -0.147. The van der Waals surface area contributed by atoms with Crippen molar-refractivity contribution in [3.63, 3.8) is 0 Å². The highest BCUT2D eigenvalue weighted by Crippen LogP contribution is 2.52. The molecular formula is C53H37NO. The van der Waals surface area contributed by atoms with E-state index in [4.69, 9.17) is 4.42 Å². The quantitative estimate of drug-likeness (QED) is 0.166. The fourth-order valence-corrected chi connectivity index (χ4v) is 9.25. The molecule has 2 nitrogen and oxygen atoms in total. The summed E-state index contributed by atoms with van der Waals surface area (Å²) >= 11 is 0. The van der Waals surface area contributed by atoms with E-state index in [2.05, 4.69) is 201 Å². The minimum Gasteiger partial charge on any atom is -0.456 e. The van der Waals surface area contributed by atoms with Crippen molar-refractivity contribution in [2.24, 2.45) is 0 Å². The summed E-state index contributed by atoms with van der Waals surface area (Å²) in [6, 6.07) is 68.6. The van der Waals surface area contributed by atoms with Gasteiger partial charge in [-0.1, -0.05) is 159 Å². The van der Waals surface area contributed by atoms with Gasteiger partial charge in [0.25, 0.3) is 0 Å². The number of benzene rings is 9. The zero-order valence-corrected chi connectivity index (χ0v) is 30.8. The third-order valence-corrected chi connectivity index (χ3v) is 11.9. The molecule has 260 valence electrons. The van der Waals surface area contributed by atoms with E-state index in [9.17, 15) is 0 Å². The summed E-state index contributed by atoms with van der Waals surface area (Å²) in [5.74, 6) is 0. The fourth-order valence-electron chi connectivity index (χ4n) is 9.25. The topological polar surface area (TPSA) is 16.4 Å². The average Bonchev–Trinajstić information content (AvgIpc) is 3.72. The second-order valence-corrected chi connectivity index (χ2v) is 15.3. The van der Waals surface area contributed by atoms with Gasteiger partial charge in [-0.3, -0.25) is 0 Å². The molecule has 0 saturated carbocycles. The standard InChI is InChI=1S/C53H37NO/c1-53(2)47-23-10-8-18-42(47)43-30-27-36(32-48(43)53)54(37-28-31-45-44-19-9-11-25-50(44)55-51(45)33-37)49-24-13-22-46(52(49)35-15-4-3-5-16-35)40-21-12-20-39-38-17-7-6-14-34(38)26-29-41(39)40/h3-33H,1-2H3. The molecule has 1 heterocycles. The van der Waals surface area contributed by atoms with Gasteiger partial charge >= 0.3 is 0 Å². The Morgan fingerprint density at radius 2 is 1.04 bits per heavy atom. The Morgan fingerprint density at radius 3 is 1.95 bits per heavy atom. The lowest BCUT2D eigenvalue weighted by Gasteiger charge is -2.31. The molecule has 0 aliphatic heterocycles. The fraction of sp³-hybridized carbons (Fsp3) is 0.0566. The van der Waals surface area contributed by atoms with Crippen LogP contribution in [0, 0.1) is 0 Å². The number of hydrogen-bond donors (Lipinski definition) is 0. The third kappa shape index (κ3) is 4.81. The summed E-state index contributed by atoms with van der Waals surface area (Å²) in [7, 11) is 0. The normalized spacial score (nSPS) is 13.1. The summed E-state index contributed by atoms with van der Waals surface area (Å²) in [6.07, 6.45) is 0. The second kappa shape index (κ2) is 12.1. The smallest absolute Gasteiger partial charge is 0.137 e. The maximum absolute atomic E-state index is 6.53. The average molecular weight is 704 g/mol. The van der Waals surface area contributed by atoms with Crippen LogP contribution in [0.1, 0.15) is 25.0 Å². The number of fused-ring (bicyclic) bond motifs is 9. The first-order valence-corrected chi connectivity index (χ1v) is 19.1. The summed E-state index contributed by atoms with van der Waals surface area (Å²) in [4.78, 5) is 2.44. The molecule has 1 aliphatic rings. The predicted molar refractivity (Wildman–Crippen MR) is 232 cm³/mol. The van der Waals surface area contributed by atoms with Crippen LogP contribution in [0.25, 0.3) is 76.9 Å². The number of para-hydroxylation sites is 1. The molecule has 9 aromatic carbocycles. The Kier molecular flexibility index (Phi) is 6.93. The number of hydrogen-bond acceptors (Lipinski definition) is 2. The Morgan fingerprint density at radius 1 is 0.400 bits per heavy atom. The van der Waals surface area contributed by atoms with E-state index < -0.39 is 0 Å². The van der Waals surface area contributed by atoms with Crippen molar-refractivity contribution < 1.29 is 4.42 Å². The van der Waals surface area contributed by atoms with Crippen molar-refractivity contribution in [2.45, 2.75) is 19.3 Å². The molecule has 0 saturated heterocycles. The largest absolute Gasteiger partial charge is 0.456 e. The van der Waals surface area contributed by atoms with E-state index in [-0.39, 0.29) is 5.41 Å². The number of anilines is 3. The molecule has 0 unspecified atom stereocenters. The first kappa shape index (κ1) is 31.6. The summed E-state index contributed by atoms with van der Waals surface area (Å²) < 4.78 is 6.53. The van der Waals surface area contributed by atoms with Crippen LogP contribution >= 0.6 is 0 Å². The monoisotopic (exact) mass is 703 g/mol. The summed E-state index contributed by atoms with van der Waals surface area (Å²) in [5, 5.41) is 7.25. The molecule has 0 radical (unpaired) electrons. The number of nitrogens with zero attached hydrogens (tertiary/aromatic N) is 1. The van der Waals surface area contributed by atoms with Crippen molar-refractivity contribution >= 4 is 60.5 Å². The van der Waals surface area contributed by atoms with Gasteiger partial charge in [0.15, 0.2) is 0 Å². The van der Waals surface area contributed by atoms with Crippen molar-refractivity contribution in [1.29, 1.82) is 0 Å². The minimum absolute atomic E-state index is 0.147. The highest BCUT2D eigenvalue weighted by Gasteiger charge is 2.36. The molecule has 0 atom stereocenters. The highest BCUT2D eigenvalue weighted by molar-refractivity contribution is 6.14. The van der Waals surface area contributed by atoms with Crippen LogP contribution < -0.4 is 4.90 Å². The Labute approximate surface area is 320 Å². The van der Waals surface area contributed by atoms with Gasteiger partial charge in [-0.15, -0.1) is 0 Å². The van der Waals surface area contributed by atoms with Gasteiger partial charge in [-0.05, 0) is 96.9 Å². The molecule has 0 amide bonds. The van der Waals surface area contributed by atoms with Crippen molar-refractivity contribution in [3.05, 3.63) is 199 Å². The van der Waals surface area contributed by atoms with Crippen molar-refractivity contribution in [3.8, 4) is 33.4 Å². The lowest BCUT2D eigenvalue weighted by atomic mass is 9.82. The number of rotatable bonds is 5. The Hall–Kier alpha value is -6.90. The SMILES string of the molecule is CC1(C)c2ccccc2-c2ccc(N(c3ccc4c(c3)oc3ccccc34)c3cccc(-c4cccc5c4ccc4ccccc45)c3-c3ccccc3)cc21. The van der Waals surface area contributed by atoms with E-state index in [0.29, 0.717) is 0 Å². The van der Waals surface area contributed by atoms with Crippen LogP contribution in [0.5, 0.6) is 0 Å². The molecule has 10 aromatic rings. The molecule has 0 fully saturated rings. The molecule has 0 spiro atoms. The van der Waals surface area contributed by atoms with E-state index in [0.717, 1.165) is 44.6 Å². The van der Waals surface area contributed by atoms with Crippen LogP contribution in [-0.2, 0) is 5.41 Å². The zero-order valence-electron chi connectivity index (χ0n) is 30.8. The molecule has 1 aromatic heterocycles. The lowest BCUT2D eigenvalue weighted by molar-refractivity contribution is 0.660. The second-order valence-electron chi connectivity index (χ2n) is 15.3. The van der Waals surface area contributed by atoms with Gasteiger partial charge in [0.05, 0.1) is 5.69 Å². The highest BCUT2D eigenvalue weighted by atomic mass is 16.3. The predicted octanol–water partition coefficient (Wildman–Crippen LogP) is 15.0. The lowest BCUT2D eigenvalue weighted by Crippen LogP contribution is -2.17. The molecule has 1 aliphatic carbocycles. The van der Waals surface area contributed by atoms with Crippen LogP contribution in [0.3, 0.4) is 0 Å². The van der Waals surface area contributed by atoms with Crippen LogP contribution in [0.2, 0.25) is 0 Å². The molecular weight excluding hydrogens is 667 g/mol. The van der Waals surface area contributed by atoms with E-state index in [1.54, 1.807) is 0 Å². The summed E-state index contributed by atoms with van der Waals surface area (Å²) in [5.41, 5.74) is 14.9. The molecule has 11 rings (SSSR count). The molecule has 0 N–H and O–H groups in total. The third-order valence-electron chi connectivity index (χ3n) is 11.9. The first-order chi connectivity index (χ1) is 27.0. The van der Waals surface area contributed by atoms with Crippen LogP contribution in [-0.4, -0.2) is 0 Å². The van der Waals surface area contributed by atoms with Crippen molar-refractivity contribution in [1.82, 2.24) is 0 Å². The maximum atomic E-state index is 6.53. The van der Waals surface area contributed by atoms with Gasteiger partial charge in [-0.2, -0.15) is 0 Å². The van der Waals surface area contributed by atoms with Crippen LogP contribution in [0.15, 0.2) is 192 Å². The van der Waals surface area contributed by atoms with Gasteiger partial charge in [-0.25, -0.2) is 0 Å². The summed E-state index contributed by atoms with van der Waals surface area (Å²) in [6.45, 7) is 4.71. The molecule has 2 heteroatoms. The zero-order chi connectivity index (χ0) is 36.7. The van der Waals surface area contributed by atoms with E-state index >= 15 is 0 Å². The van der Waals surface area contributed by atoms with Crippen LogP contribution in [0.4, 0.5) is 17.1 Å². The maximum Gasteiger partial charge on any atom is 0.137 e. The Balaban J connectivity index is 1.20.